The largest absolute Gasteiger partial charge is 0.373 e. The smallest absolute Gasteiger partial charge is 0.154 e. The Bertz CT molecular complexity index is 421. The molecule has 0 heterocycles. The van der Waals surface area contributed by atoms with Crippen LogP contribution in [0.25, 0.3) is 0 Å². The molecule has 2 nitrogen and oxygen atoms in total. The second kappa shape index (κ2) is 3.93. The normalized spacial score (nSPS) is 14.7. The highest BCUT2D eigenvalue weighted by atomic mass is 16.1. The first kappa shape index (κ1) is 11.2. The molecule has 0 saturated carbocycles. The summed E-state index contributed by atoms with van der Waals surface area (Å²) in [5.74, 6) is 0.160. The number of anilines is 1. The van der Waals surface area contributed by atoms with E-state index in [9.17, 15) is 4.79 Å². The first-order valence-electron chi connectivity index (χ1n) is 5.90. The zero-order chi connectivity index (χ0) is 11.8. The molecule has 0 unspecified atom stereocenters. The Morgan fingerprint density at radius 2 is 1.94 bits per heavy atom. The van der Waals surface area contributed by atoms with Gasteiger partial charge in [-0.05, 0) is 63.3 Å². The number of nitrogens with one attached hydrogen (secondary N) is 1. The molecule has 0 fully saturated rings. The van der Waals surface area contributed by atoms with Gasteiger partial charge in [-0.3, -0.25) is 4.79 Å². The van der Waals surface area contributed by atoms with Crippen LogP contribution in [0.2, 0.25) is 0 Å². The van der Waals surface area contributed by atoms with Gasteiger partial charge in [0.2, 0.25) is 0 Å². The van der Waals surface area contributed by atoms with Gasteiger partial charge in [-0.1, -0.05) is 6.07 Å². The average Bonchev–Trinajstić information content (AvgIpc) is 2.63. The number of carbonyl (C=O) groups excluding carboxylic acids is 1. The highest BCUT2D eigenvalue weighted by Crippen LogP contribution is 2.26. The van der Waals surface area contributed by atoms with E-state index in [2.05, 4.69) is 23.5 Å². The van der Waals surface area contributed by atoms with Crippen LogP contribution in [0, 0.1) is 0 Å². The van der Waals surface area contributed by atoms with Crippen LogP contribution in [-0.2, 0) is 17.6 Å². The summed E-state index contributed by atoms with van der Waals surface area (Å²) >= 11 is 0. The van der Waals surface area contributed by atoms with Gasteiger partial charge in [0.15, 0.2) is 5.78 Å². The van der Waals surface area contributed by atoms with Crippen molar-refractivity contribution >= 4 is 11.5 Å². The van der Waals surface area contributed by atoms with E-state index in [0.29, 0.717) is 0 Å². The molecule has 86 valence electrons. The van der Waals surface area contributed by atoms with Crippen molar-refractivity contribution in [3.05, 3.63) is 29.3 Å². The number of hydrogen-bond donors (Lipinski definition) is 1. The highest BCUT2D eigenvalue weighted by Gasteiger charge is 2.23. The monoisotopic (exact) mass is 217 g/mol. The van der Waals surface area contributed by atoms with Crippen molar-refractivity contribution in [2.24, 2.45) is 0 Å². The Kier molecular flexibility index (Phi) is 2.75. The summed E-state index contributed by atoms with van der Waals surface area (Å²) in [5, 5.41) is 3.30. The molecule has 0 amide bonds. The molecule has 1 aromatic rings. The summed E-state index contributed by atoms with van der Waals surface area (Å²) in [7, 11) is 0. The van der Waals surface area contributed by atoms with Crippen LogP contribution in [0.5, 0.6) is 0 Å². The lowest BCUT2D eigenvalue weighted by atomic mass is 9.99. The number of ketones is 1. The summed E-state index contributed by atoms with van der Waals surface area (Å²) in [4.78, 5) is 11.4. The van der Waals surface area contributed by atoms with Gasteiger partial charge in [0.1, 0.15) is 0 Å². The molecule has 1 aromatic carbocycles. The van der Waals surface area contributed by atoms with Crippen LogP contribution in [0.1, 0.15) is 38.3 Å². The van der Waals surface area contributed by atoms with Crippen LogP contribution in [0.3, 0.4) is 0 Å². The first-order chi connectivity index (χ1) is 7.49. The molecule has 0 aromatic heterocycles. The molecule has 1 aliphatic carbocycles. The predicted molar refractivity (Wildman–Crippen MR) is 66.8 cm³/mol. The number of benzene rings is 1. The molecular formula is C14H19NO. The molecule has 0 atom stereocenters. The van der Waals surface area contributed by atoms with Gasteiger partial charge < -0.3 is 5.32 Å². The molecule has 0 aliphatic heterocycles. The summed E-state index contributed by atoms with van der Waals surface area (Å²) in [6.45, 7) is 5.46. The molecule has 16 heavy (non-hydrogen) atoms. The van der Waals surface area contributed by atoms with Crippen molar-refractivity contribution < 1.29 is 4.79 Å². The molecule has 0 spiro atoms. The van der Waals surface area contributed by atoms with Crippen molar-refractivity contribution in [1.82, 2.24) is 0 Å². The Morgan fingerprint density at radius 3 is 2.62 bits per heavy atom. The zero-order valence-corrected chi connectivity index (χ0v) is 10.3. The number of rotatable bonds is 3. The van der Waals surface area contributed by atoms with Gasteiger partial charge in [0, 0.05) is 5.69 Å². The lowest BCUT2D eigenvalue weighted by molar-refractivity contribution is -0.120. The molecule has 2 rings (SSSR count). The fourth-order valence-electron chi connectivity index (χ4n) is 2.10. The van der Waals surface area contributed by atoms with Crippen molar-refractivity contribution in [2.75, 3.05) is 5.32 Å². The van der Waals surface area contributed by atoms with E-state index in [0.717, 1.165) is 5.69 Å². The molecule has 1 N–H and O–H groups in total. The Balaban J connectivity index is 2.20. The quantitative estimate of drug-likeness (QED) is 0.843. The van der Waals surface area contributed by atoms with Crippen LogP contribution in [-0.4, -0.2) is 11.3 Å². The topological polar surface area (TPSA) is 29.1 Å². The van der Waals surface area contributed by atoms with Crippen LogP contribution >= 0.6 is 0 Å². The number of aryl methyl sites for hydroxylation is 2. The number of fused-ring (bicyclic) bond motifs is 1. The minimum atomic E-state index is -0.479. The Labute approximate surface area is 97.1 Å². The van der Waals surface area contributed by atoms with E-state index in [1.807, 2.05) is 13.8 Å². The summed E-state index contributed by atoms with van der Waals surface area (Å²) in [6.07, 6.45) is 3.63. The van der Waals surface area contributed by atoms with E-state index in [4.69, 9.17) is 0 Å². The van der Waals surface area contributed by atoms with Crippen molar-refractivity contribution in [1.29, 1.82) is 0 Å². The summed E-state index contributed by atoms with van der Waals surface area (Å²) in [6, 6.07) is 6.45. The number of hydrogen-bond acceptors (Lipinski definition) is 2. The fourth-order valence-corrected chi connectivity index (χ4v) is 2.10. The van der Waals surface area contributed by atoms with E-state index in [-0.39, 0.29) is 5.78 Å². The third kappa shape index (κ3) is 2.11. The van der Waals surface area contributed by atoms with Gasteiger partial charge >= 0.3 is 0 Å². The minimum Gasteiger partial charge on any atom is -0.373 e. The maximum Gasteiger partial charge on any atom is 0.154 e. The van der Waals surface area contributed by atoms with E-state index < -0.39 is 5.54 Å². The van der Waals surface area contributed by atoms with Crippen LogP contribution < -0.4 is 5.32 Å². The average molecular weight is 217 g/mol. The van der Waals surface area contributed by atoms with Crippen LogP contribution in [0.15, 0.2) is 18.2 Å². The molecule has 0 bridgehead atoms. The predicted octanol–water partition coefficient (Wildman–Crippen LogP) is 2.95. The van der Waals surface area contributed by atoms with E-state index >= 15 is 0 Å². The minimum absolute atomic E-state index is 0.160. The Hall–Kier alpha value is -1.31. The maximum atomic E-state index is 11.4. The third-order valence-corrected chi connectivity index (χ3v) is 3.44. The molecular weight excluding hydrogens is 198 g/mol. The van der Waals surface area contributed by atoms with Gasteiger partial charge in [-0.25, -0.2) is 0 Å². The van der Waals surface area contributed by atoms with E-state index in [1.165, 1.54) is 30.4 Å². The second-order valence-electron chi connectivity index (χ2n) is 5.14. The molecule has 2 heteroatoms. The van der Waals surface area contributed by atoms with Crippen molar-refractivity contribution in [3.8, 4) is 0 Å². The first-order valence-corrected chi connectivity index (χ1v) is 5.90. The van der Waals surface area contributed by atoms with Crippen molar-refractivity contribution in [3.63, 3.8) is 0 Å². The third-order valence-electron chi connectivity index (χ3n) is 3.44. The van der Waals surface area contributed by atoms with Gasteiger partial charge in [-0.2, -0.15) is 0 Å². The molecule has 0 radical (unpaired) electrons. The molecule has 1 aliphatic rings. The maximum absolute atomic E-state index is 11.4. The van der Waals surface area contributed by atoms with Crippen molar-refractivity contribution in [2.45, 2.75) is 45.6 Å². The lowest BCUT2D eigenvalue weighted by Crippen LogP contribution is -2.38. The van der Waals surface area contributed by atoms with Gasteiger partial charge in [-0.15, -0.1) is 0 Å². The number of Topliss-reactive ketones (excluding diaryl/α,β-unsaturated/α-hetero) is 1. The highest BCUT2D eigenvalue weighted by molar-refractivity contribution is 5.88. The fraction of sp³-hybridized carbons (Fsp3) is 0.500. The summed E-state index contributed by atoms with van der Waals surface area (Å²) in [5.41, 5.74) is 3.48. The van der Waals surface area contributed by atoms with Gasteiger partial charge in [0.05, 0.1) is 5.54 Å². The Morgan fingerprint density at radius 1 is 1.25 bits per heavy atom. The lowest BCUT2D eigenvalue weighted by Gasteiger charge is -2.24. The zero-order valence-electron chi connectivity index (χ0n) is 10.3. The van der Waals surface area contributed by atoms with Gasteiger partial charge in [0.25, 0.3) is 0 Å². The van der Waals surface area contributed by atoms with E-state index in [1.54, 1.807) is 6.92 Å². The molecule has 0 saturated heterocycles. The summed E-state index contributed by atoms with van der Waals surface area (Å²) < 4.78 is 0. The van der Waals surface area contributed by atoms with Crippen LogP contribution in [0.4, 0.5) is 5.69 Å². The standard InChI is InChI=1S/C14H19NO/c1-10(16)14(2,3)15-13-8-7-11-5-4-6-12(11)9-13/h7-9,15H,4-6H2,1-3H3. The SMILES string of the molecule is CC(=O)C(C)(C)Nc1ccc2c(c1)CCC2. The second-order valence-corrected chi connectivity index (χ2v) is 5.14. The number of carbonyl (C=O) groups is 1.